The Labute approximate surface area is 162 Å². The quantitative estimate of drug-likeness (QED) is 0.637. The summed E-state index contributed by atoms with van der Waals surface area (Å²) < 4.78 is 18.2. The first-order valence-corrected chi connectivity index (χ1v) is 10.3. The van der Waals surface area contributed by atoms with Crippen LogP contribution in [0.4, 0.5) is 5.82 Å². The maximum Gasteiger partial charge on any atom is 0.161 e. The molecule has 4 rings (SSSR count). The highest BCUT2D eigenvalue weighted by atomic mass is 32.2. The molecular formula is C21H21N3O2S. The highest BCUT2D eigenvalue weighted by Crippen LogP contribution is 2.23. The second-order valence-corrected chi connectivity index (χ2v) is 7.76. The zero-order valence-electron chi connectivity index (χ0n) is 15.0. The highest BCUT2D eigenvalue weighted by molar-refractivity contribution is 7.90. The summed E-state index contributed by atoms with van der Waals surface area (Å²) in [5, 5.41) is 0. The van der Waals surface area contributed by atoms with Gasteiger partial charge in [0.05, 0.1) is 18.9 Å². The topological polar surface area (TPSA) is 61.3 Å². The monoisotopic (exact) mass is 379 g/mol. The molecule has 1 atom stereocenters. The van der Waals surface area contributed by atoms with Gasteiger partial charge in [-0.3, -0.25) is 0 Å². The Bertz CT molecular complexity index is 871. The predicted octanol–water partition coefficient (Wildman–Crippen LogP) is 3.29. The zero-order valence-corrected chi connectivity index (χ0v) is 15.8. The van der Waals surface area contributed by atoms with Crippen molar-refractivity contribution in [2.45, 2.75) is 10.6 Å². The largest absolute Gasteiger partial charge is 0.611 e. The molecule has 1 aliphatic heterocycles. The lowest BCUT2D eigenvalue weighted by molar-refractivity contribution is 0.122. The lowest BCUT2D eigenvalue weighted by atomic mass is 10.2. The van der Waals surface area contributed by atoms with E-state index < -0.39 is 11.2 Å². The van der Waals surface area contributed by atoms with Crippen LogP contribution in [0.25, 0.3) is 11.4 Å². The van der Waals surface area contributed by atoms with E-state index in [1.54, 1.807) is 0 Å². The van der Waals surface area contributed by atoms with Gasteiger partial charge in [0.25, 0.3) is 0 Å². The summed E-state index contributed by atoms with van der Waals surface area (Å²) in [4.78, 5) is 12.5. The van der Waals surface area contributed by atoms with Crippen LogP contribution in [0, 0.1) is 0 Å². The molecule has 0 amide bonds. The summed E-state index contributed by atoms with van der Waals surface area (Å²) in [7, 11) is 0. The number of ether oxygens (including phenoxy) is 1. The molecule has 1 aromatic heterocycles. The van der Waals surface area contributed by atoms with Crippen LogP contribution in [0.5, 0.6) is 0 Å². The minimum Gasteiger partial charge on any atom is -0.611 e. The highest BCUT2D eigenvalue weighted by Gasteiger charge is 2.19. The third-order valence-electron chi connectivity index (χ3n) is 4.42. The van der Waals surface area contributed by atoms with Crippen LogP contribution in [0.3, 0.4) is 0 Å². The van der Waals surface area contributed by atoms with Crippen molar-refractivity contribution in [2.24, 2.45) is 0 Å². The third-order valence-corrected chi connectivity index (χ3v) is 5.77. The van der Waals surface area contributed by atoms with Crippen LogP contribution in [0.2, 0.25) is 0 Å². The van der Waals surface area contributed by atoms with Gasteiger partial charge < -0.3 is 14.2 Å². The van der Waals surface area contributed by atoms with Gasteiger partial charge in [0.15, 0.2) is 16.5 Å². The third kappa shape index (κ3) is 4.47. The number of rotatable bonds is 5. The van der Waals surface area contributed by atoms with Crippen molar-refractivity contribution in [3.63, 3.8) is 0 Å². The molecule has 6 heteroatoms. The van der Waals surface area contributed by atoms with Crippen LogP contribution in [-0.4, -0.2) is 40.8 Å². The Kier molecular flexibility index (Phi) is 5.67. The fourth-order valence-electron chi connectivity index (χ4n) is 3.02. The van der Waals surface area contributed by atoms with Crippen molar-refractivity contribution in [3.05, 3.63) is 72.4 Å². The van der Waals surface area contributed by atoms with Gasteiger partial charge in [0.2, 0.25) is 0 Å². The average Bonchev–Trinajstić information content (AvgIpc) is 2.75. The fraction of sp³-hybridized carbons (Fsp3) is 0.238. The molecule has 1 aliphatic rings. The predicted molar refractivity (Wildman–Crippen MR) is 107 cm³/mol. The van der Waals surface area contributed by atoms with Gasteiger partial charge in [-0.05, 0) is 23.3 Å². The van der Waals surface area contributed by atoms with Gasteiger partial charge in [-0.15, -0.1) is 0 Å². The molecule has 0 saturated carbocycles. The van der Waals surface area contributed by atoms with Crippen LogP contribution in [-0.2, 0) is 21.7 Å². The van der Waals surface area contributed by atoms with Crippen LogP contribution >= 0.6 is 0 Å². The maximum atomic E-state index is 12.8. The number of nitrogens with zero attached hydrogens (tertiary/aromatic N) is 3. The van der Waals surface area contributed by atoms with E-state index in [0.717, 1.165) is 35.1 Å². The molecule has 1 unspecified atom stereocenters. The molecule has 0 radical (unpaired) electrons. The molecule has 138 valence electrons. The second kappa shape index (κ2) is 8.52. The van der Waals surface area contributed by atoms with E-state index in [1.165, 1.54) is 0 Å². The normalized spacial score (nSPS) is 15.5. The first kappa shape index (κ1) is 18.0. The average molecular weight is 379 g/mol. The van der Waals surface area contributed by atoms with E-state index in [9.17, 15) is 4.55 Å². The van der Waals surface area contributed by atoms with Crippen LogP contribution in [0.15, 0.2) is 71.6 Å². The van der Waals surface area contributed by atoms with Gasteiger partial charge in [0.1, 0.15) is 5.82 Å². The van der Waals surface area contributed by atoms with E-state index >= 15 is 0 Å². The summed E-state index contributed by atoms with van der Waals surface area (Å²) in [6.07, 6.45) is 0. The van der Waals surface area contributed by atoms with Gasteiger partial charge in [0, 0.05) is 24.7 Å². The summed E-state index contributed by atoms with van der Waals surface area (Å²) in [6.45, 7) is 2.98. The molecule has 3 aromatic rings. The molecule has 27 heavy (non-hydrogen) atoms. The number of aromatic nitrogens is 2. The molecule has 2 heterocycles. The first-order valence-electron chi connectivity index (χ1n) is 8.99. The molecule has 1 saturated heterocycles. The van der Waals surface area contributed by atoms with Crippen LogP contribution in [0.1, 0.15) is 5.69 Å². The summed E-state index contributed by atoms with van der Waals surface area (Å²) in [5.41, 5.74) is 1.74. The molecule has 1 fully saturated rings. The number of anilines is 1. The van der Waals surface area contributed by atoms with E-state index in [4.69, 9.17) is 14.7 Å². The molecule has 0 spiro atoms. The van der Waals surface area contributed by atoms with Crippen molar-refractivity contribution in [1.29, 1.82) is 0 Å². The van der Waals surface area contributed by atoms with Gasteiger partial charge in [-0.1, -0.05) is 48.5 Å². The summed E-state index contributed by atoms with van der Waals surface area (Å²) in [5.74, 6) is 1.90. The van der Waals surface area contributed by atoms with E-state index in [1.807, 2.05) is 66.7 Å². The minimum atomic E-state index is -1.15. The molecule has 2 aromatic carbocycles. The summed E-state index contributed by atoms with van der Waals surface area (Å²) in [6, 6.07) is 21.4. The molecule has 0 N–H and O–H groups in total. The van der Waals surface area contributed by atoms with Crippen molar-refractivity contribution >= 4 is 17.0 Å². The minimum absolute atomic E-state index is 0.365. The number of hydrogen-bond acceptors (Lipinski definition) is 5. The molecular weight excluding hydrogens is 358 g/mol. The second-order valence-electron chi connectivity index (χ2n) is 6.31. The molecule has 0 aliphatic carbocycles. The Morgan fingerprint density at radius 1 is 0.926 bits per heavy atom. The van der Waals surface area contributed by atoms with Gasteiger partial charge in [-0.2, -0.15) is 0 Å². The Morgan fingerprint density at radius 3 is 2.30 bits per heavy atom. The number of morpholine rings is 1. The Morgan fingerprint density at radius 2 is 1.59 bits per heavy atom. The van der Waals surface area contributed by atoms with E-state index in [-0.39, 0.29) is 0 Å². The SMILES string of the molecule is [O-][S+](Cc1cc(N2CCOCC2)nc(-c2ccccc2)n1)c1ccccc1. The number of benzene rings is 2. The maximum absolute atomic E-state index is 12.8. The van der Waals surface area contributed by atoms with E-state index in [2.05, 4.69) is 4.90 Å². The first-order chi connectivity index (χ1) is 13.3. The standard InChI is InChI=1S/C21H21N3O2S/c25-27(19-9-5-2-6-10-19)16-18-15-20(24-11-13-26-14-12-24)23-21(22-18)17-7-3-1-4-8-17/h1-10,15H,11-14,16H2. The molecule has 0 bridgehead atoms. The zero-order chi connectivity index (χ0) is 18.5. The van der Waals surface area contributed by atoms with Crippen molar-refractivity contribution < 1.29 is 9.29 Å². The van der Waals surface area contributed by atoms with Gasteiger partial charge in [-0.25, -0.2) is 9.97 Å². The Balaban J connectivity index is 1.67. The lowest BCUT2D eigenvalue weighted by Crippen LogP contribution is -2.37. The van der Waals surface area contributed by atoms with Crippen molar-refractivity contribution in [3.8, 4) is 11.4 Å². The smallest absolute Gasteiger partial charge is 0.161 e. The van der Waals surface area contributed by atoms with Crippen LogP contribution < -0.4 is 4.90 Å². The van der Waals surface area contributed by atoms with E-state index in [0.29, 0.717) is 24.8 Å². The van der Waals surface area contributed by atoms with Crippen molar-refractivity contribution in [1.82, 2.24) is 9.97 Å². The fourth-order valence-corrected chi connectivity index (χ4v) is 4.06. The Hall–Kier alpha value is -2.41. The van der Waals surface area contributed by atoms with Crippen molar-refractivity contribution in [2.75, 3.05) is 31.2 Å². The lowest BCUT2D eigenvalue weighted by Gasteiger charge is -2.28. The summed E-state index contributed by atoms with van der Waals surface area (Å²) >= 11 is -1.15. The molecule has 5 nitrogen and oxygen atoms in total. The van der Waals surface area contributed by atoms with Gasteiger partial charge >= 0.3 is 0 Å². The number of hydrogen-bond donors (Lipinski definition) is 0.